The van der Waals surface area contributed by atoms with Crippen LogP contribution in [0.4, 0.5) is 0 Å². The minimum Gasteiger partial charge on any atom is -0.490 e. The Hall–Kier alpha value is -3.57. The maximum absolute atomic E-state index is 14.0. The van der Waals surface area contributed by atoms with E-state index in [4.69, 9.17) is 32.5 Å². The Morgan fingerprint density at radius 3 is 2.75 bits per heavy atom. The number of allylic oxidation sites excluding steroid dienone is 1. The third-order valence-corrected chi connectivity index (χ3v) is 8.78. The van der Waals surface area contributed by atoms with Crippen LogP contribution in [0.2, 0.25) is 5.02 Å². The molecule has 2 heterocycles. The summed E-state index contributed by atoms with van der Waals surface area (Å²) in [6.45, 7) is 2.38. The summed E-state index contributed by atoms with van der Waals surface area (Å²) in [5.74, 6) is 3.31. The summed E-state index contributed by atoms with van der Waals surface area (Å²) < 4.78 is 14.8. The predicted molar refractivity (Wildman–Crippen MR) is 164 cm³/mol. The van der Waals surface area contributed by atoms with Gasteiger partial charge in [-0.15, -0.1) is 6.42 Å². The molecule has 1 aliphatic carbocycles. The topological polar surface area (TPSA) is 52.8 Å². The highest BCUT2D eigenvalue weighted by atomic mass is 79.9. The fourth-order valence-electron chi connectivity index (χ4n) is 5.31. The monoisotopic (exact) mass is 630 g/mol. The average molecular weight is 632 g/mol. The standard InChI is InChI=1S/C32H24BrClN2O3S/c1-3-15-39-30-25(34)16-19(17-26(30)38-4-2)18-27-31(37)36-29(21-9-12-22(33)13-10-21)24-14-11-20-7-5-6-8-23(20)28(24)35-32(36)40-27/h1,5-10,12-13,16-18,29H,4,11,14-15H2,2H3/t29-/m1/s1. The van der Waals surface area contributed by atoms with Crippen LogP contribution in [0.3, 0.4) is 0 Å². The van der Waals surface area contributed by atoms with Gasteiger partial charge in [0.2, 0.25) is 0 Å². The molecule has 40 heavy (non-hydrogen) atoms. The second-order valence-electron chi connectivity index (χ2n) is 9.42. The Morgan fingerprint density at radius 2 is 1.98 bits per heavy atom. The van der Waals surface area contributed by atoms with Crippen molar-refractivity contribution < 1.29 is 9.47 Å². The molecule has 3 aromatic carbocycles. The van der Waals surface area contributed by atoms with Crippen LogP contribution in [-0.4, -0.2) is 17.8 Å². The van der Waals surface area contributed by atoms with E-state index in [1.165, 1.54) is 16.9 Å². The second-order valence-corrected chi connectivity index (χ2v) is 11.8. The normalized spacial score (nSPS) is 15.9. The van der Waals surface area contributed by atoms with Gasteiger partial charge in [0.15, 0.2) is 16.3 Å². The average Bonchev–Trinajstić information content (AvgIpc) is 3.26. The van der Waals surface area contributed by atoms with E-state index < -0.39 is 0 Å². The Kier molecular flexibility index (Phi) is 7.41. The van der Waals surface area contributed by atoms with Crippen LogP contribution in [0.5, 0.6) is 11.5 Å². The molecule has 0 radical (unpaired) electrons. The quantitative estimate of drug-likeness (QED) is 0.240. The lowest BCUT2D eigenvalue weighted by Gasteiger charge is -2.30. The van der Waals surface area contributed by atoms with Crippen molar-refractivity contribution >= 4 is 50.6 Å². The van der Waals surface area contributed by atoms with Crippen molar-refractivity contribution in [2.24, 2.45) is 4.99 Å². The smallest absolute Gasteiger partial charge is 0.271 e. The maximum Gasteiger partial charge on any atom is 0.271 e. The van der Waals surface area contributed by atoms with Gasteiger partial charge in [0.1, 0.15) is 6.61 Å². The number of hydrogen-bond acceptors (Lipinski definition) is 5. The first kappa shape index (κ1) is 26.6. The minimum atomic E-state index is -0.239. The van der Waals surface area contributed by atoms with Gasteiger partial charge in [0, 0.05) is 10.0 Å². The molecular formula is C32H24BrClN2O3S. The summed E-state index contributed by atoms with van der Waals surface area (Å²) in [4.78, 5) is 19.8. The molecule has 0 bridgehead atoms. The van der Waals surface area contributed by atoms with E-state index in [0.717, 1.165) is 45.3 Å². The molecule has 0 amide bonds. The summed E-state index contributed by atoms with van der Waals surface area (Å²) >= 11 is 11.5. The summed E-state index contributed by atoms with van der Waals surface area (Å²) in [5.41, 5.74) is 6.23. The van der Waals surface area contributed by atoms with Crippen molar-refractivity contribution in [3.05, 3.63) is 118 Å². The third kappa shape index (κ3) is 4.81. The summed E-state index contributed by atoms with van der Waals surface area (Å²) in [6, 6.07) is 19.9. The lowest BCUT2D eigenvalue weighted by molar-refractivity contribution is 0.299. The molecule has 4 aromatic rings. The van der Waals surface area contributed by atoms with Gasteiger partial charge in [-0.05, 0) is 72.4 Å². The van der Waals surface area contributed by atoms with Crippen LogP contribution in [0, 0.1) is 12.3 Å². The number of ether oxygens (including phenoxy) is 2. The van der Waals surface area contributed by atoms with E-state index in [-0.39, 0.29) is 18.2 Å². The minimum absolute atomic E-state index is 0.0710. The molecule has 8 heteroatoms. The largest absolute Gasteiger partial charge is 0.490 e. The first-order valence-electron chi connectivity index (χ1n) is 12.9. The second kappa shape index (κ2) is 11.1. The number of thiazole rings is 1. The molecule has 200 valence electrons. The number of hydrogen-bond donors (Lipinski definition) is 0. The molecule has 5 nitrogen and oxygen atoms in total. The first-order chi connectivity index (χ1) is 19.5. The van der Waals surface area contributed by atoms with Crippen LogP contribution in [0.1, 0.15) is 41.6 Å². The van der Waals surface area contributed by atoms with E-state index in [1.54, 1.807) is 6.07 Å². The molecule has 0 spiro atoms. The van der Waals surface area contributed by atoms with Crippen molar-refractivity contribution in [2.75, 3.05) is 13.2 Å². The molecule has 1 aliphatic heterocycles. The zero-order valence-corrected chi connectivity index (χ0v) is 24.8. The SMILES string of the molecule is C#CCOc1c(Cl)cc(C=c2sc3n(c2=O)[C@H](c2ccc(Br)cc2)C2=C(N=3)c3ccccc3CC2)cc1OCC. The van der Waals surface area contributed by atoms with E-state index in [1.807, 2.05) is 41.8 Å². The van der Waals surface area contributed by atoms with Crippen LogP contribution in [-0.2, 0) is 6.42 Å². The molecule has 1 atom stereocenters. The van der Waals surface area contributed by atoms with E-state index in [0.29, 0.717) is 32.5 Å². The number of terminal acetylenes is 1. The van der Waals surface area contributed by atoms with Crippen molar-refractivity contribution in [1.29, 1.82) is 0 Å². The van der Waals surface area contributed by atoms with Gasteiger partial charge in [-0.2, -0.15) is 0 Å². The molecule has 6 rings (SSSR count). The van der Waals surface area contributed by atoms with E-state index >= 15 is 0 Å². The van der Waals surface area contributed by atoms with Gasteiger partial charge in [0.25, 0.3) is 5.56 Å². The van der Waals surface area contributed by atoms with Crippen LogP contribution in [0.25, 0.3) is 11.8 Å². The molecule has 1 aromatic heterocycles. The first-order valence-corrected chi connectivity index (χ1v) is 14.9. The number of aryl methyl sites for hydroxylation is 1. The molecule has 0 fully saturated rings. The van der Waals surface area contributed by atoms with Crippen molar-refractivity contribution in [2.45, 2.75) is 25.8 Å². The fraction of sp³-hybridized carbons (Fsp3) is 0.188. The van der Waals surface area contributed by atoms with E-state index in [9.17, 15) is 4.79 Å². The highest BCUT2D eigenvalue weighted by molar-refractivity contribution is 9.10. The number of aromatic nitrogens is 1. The Labute approximate surface area is 249 Å². The zero-order valence-electron chi connectivity index (χ0n) is 21.6. The maximum atomic E-state index is 14.0. The molecule has 0 saturated heterocycles. The molecule has 0 unspecified atom stereocenters. The summed E-state index contributed by atoms with van der Waals surface area (Å²) in [7, 11) is 0. The number of fused-ring (bicyclic) bond motifs is 3. The van der Waals surface area contributed by atoms with Crippen molar-refractivity contribution in [3.63, 3.8) is 0 Å². The zero-order chi connectivity index (χ0) is 27.8. The van der Waals surface area contributed by atoms with Crippen molar-refractivity contribution in [1.82, 2.24) is 4.57 Å². The highest BCUT2D eigenvalue weighted by Crippen LogP contribution is 2.41. The van der Waals surface area contributed by atoms with E-state index in [2.05, 4.69) is 52.2 Å². The number of rotatable bonds is 6. The molecule has 2 aliphatic rings. The van der Waals surface area contributed by atoms with Gasteiger partial charge >= 0.3 is 0 Å². The molecular weight excluding hydrogens is 608 g/mol. The number of benzene rings is 3. The van der Waals surface area contributed by atoms with Gasteiger partial charge in [-0.25, -0.2) is 4.99 Å². The predicted octanol–water partition coefficient (Wildman–Crippen LogP) is 6.15. The number of nitrogens with zero attached hydrogens (tertiary/aromatic N) is 2. The Bertz CT molecular complexity index is 1880. The van der Waals surface area contributed by atoms with Crippen LogP contribution >= 0.6 is 38.9 Å². The summed E-state index contributed by atoms with van der Waals surface area (Å²) in [5, 5.41) is 0.361. The van der Waals surface area contributed by atoms with Crippen molar-refractivity contribution in [3.8, 4) is 23.8 Å². The van der Waals surface area contributed by atoms with Gasteiger partial charge in [-0.3, -0.25) is 9.36 Å². The van der Waals surface area contributed by atoms with Gasteiger partial charge < -0.3 is 9.47 Å². The highest BCUT2D eigenvalue weighted by Gasteiger charge is 2.32. The van der Waals surface area contributed by atoms with Crippen LogP contribution in [0.15, 0.2) is 80.5 Å². The third-order valence-electron chi connectivity index (χ3n) is 6.99. The molecule has 0 saturated carbocycles. The van der Waals surface area contributed by atoms with Gasteiger partial charge in [0.05, 0.1) is 27.9 Å². The Balaban J connectivity index is 1.54. The molecule has 0 N–H and O–H groups in total. The number of halogens is 2. The van der Waals surface area contributed by atoms with Gasteiger partial charge in [-0.1, -0.05) is 81.2 Å². The fourth-order valence-corrected chi connectivity index (χ4v) is 6.85. The lowest BCUT2D eigenvalue weighted by atomic mass is 9.83. The Morgan fingerprint density at radius 1 is 1.18 bits per heavy atom. The summed E-state index contributed by atoms with van der Waals surface area (Å²) in [6.07, 6.45) is 8.95. The lowest BCUT2D eigenvalue weighted by Crippen LogP contribution is -2.38. The van der Waals surface area contributed by atoms with Crippen LogP contribution < -0.4 is 24.4 Å².